The molecule has 0 spiro atoms. The Labute approximate surface area is 127 Å². The lowest BCUT2D eigenvalue weighted by molar-refractivity contribution is 0.154. The third-order valence-electron chi connectivity index (χ3n) is 4.30. The molecule has 1 aliphatic rings. The summed E-state index contributed by atoms with van der Waals surface area (Å²) in [7, 11) is 4.04. The molecule has 0 aromatic heterocycles. The first-order chi connectivity index (χ1) is 9.58. The summed E-state index contributed by atoms with van der Waals surface area (Å²) in [6.07, 6.45) is 6.81. The molecule has 2 nitrogen and oxygen atoms in total. The Morgan fingerprint density at radius 2 is 1.95 bits per heavy atom. The first-order valence-electron chi connectivity index (χ1n) is 7.70. The predicted molar refractivity (Wildman–Crippen MR) is 85.4 cm³/mol. The summed E-state index contributed by atoms with van der Waals surface area (Å²) < 4.78 is 0. The van der Waals surface area contributed by atoms with E-state index < -0.39 is 6.10 Å². The van der Waals surface area contributed by atoms with Crippen LogP contribution in [-0.4, -0.2) is 30.6 Å². The average molecular weight is 296 g/mol. The molecule has 112 valence electrons. The van der Waals surface area contributed by atoms with E-state index in [0.717, 1.165) is 23.6 Å². The van der Waals surface area contributed by atoms with Gasteiger partial charge in [0.1, 0.15) is 0 Å². The second-order valence-corrected chi connectivity index (χ2v) is 6.63. The maximum atomic E-state index is 10.2. The summed E-state index contributed by atoms with van der Waals surface area (Å²) in [5, 5.41) is 11.0. The molecule has 0 saturated heterocycles. The predicted octanol–water partition coefficient (Wildman–Crippen LogP) is 4.37. The summed E-state index contributed by atoms with van der Waals surface area (Å²) in [6, 6.07) is 6.15. The molecule has 1 aromatic rings. The molecule has 0 radical (unpaired) electrons. The number of benzene rings is 1. The van der Waals surface area contributed by atoms with Crippen molar-refractivity contribution in [2.24, 2.45) is 0 Å². The Balaban J connectivity index is 2.04. The molecule has 1 fully saturated rings. The number of rotatable bonds is 5. The van der Waals surface area contributed by atoms with E-state index in [2.05, 4.69) is 17.0 Å². The van der Waals surface area contributed by atoms with Gasteiger partial charge in [0, 0.05) is 11.6 Å². The monoisotopic (exact) mass is 295 g/mol. The van der Waals surface area contributed by atoms with Crippen molar-refractivity contribution in [1.82, 2.24) is 4.90 Å². The van der Waals surface area contributed by atoms with Crippen molar-refractivity contribution in [3.8, 4) is 0 Å². The zero-order valence-corrected chi connectivity index (χ0v) is 13.4. The van der Waals surface area contributed by atoms with Crippen LogP contribution in [0.4, 0.5) is 0 Å². The van der Waals surface area contributed by atoms with Crippen LogP contribution in [-0.2, 0) is 0 Å². The molecule has 1 unspecified atom stereocenters. The van der Waals surface area contributed by atoms with E-state index in [-0.39, 0.29) is 0 Å². The van der Waals surface area contributed by atoms with E-state index in [1.54, 1.807) is 0 Å². The fourth-order valence-electron chi connectivity index (χ4n) is 3.04. The lowest BCUT2D eigenvalue weighted by atomic mass is 9.83. The quantitative estimate of drug-likeness (QED) is 0.872. The Morgan fingerprint density at radius 3 is 2.55 bits per heavy atom. The molecule has 1 saturated carbocycles. The van der Waals surface area contributed by atoms with Crippen molar-refractivity contribution in [2.45, 2.75) is 50.5 Å². The van der Waals surface area contributed by atoms with Crippen LogP contribution in [0.1, 0.15) is 61.7 Å². The second-order valence-electron chi connectivity index (χ2n) is 6.22. The zero-order valence-electron chi connectivity index (χ0n) is 12.6. The standard InChI is InChI=1S/C17H26ClNO/c1-19(2)11-10-17(20)14-8-9-15(16(18)12-14)13-6-4-3-5-7-13/h8-9,12-13,17,20H,3-7,10-11H2,1-2H3. The average Bonchev–Trinajstić information content (AvgIpc) is 2.45. The van der Waals surface area contributed by atoms with E-state index in [1.807, 2.05) is 20.2 Å². The zero-order chi connectivity index (χ0) is 14.5. The molecule has 1 aromatic carbocycles. The minimum atomic E-state index is -0.421. The molecule has 0 amide bonds. The van der Waals surface area contributed by atoms with Crippen molar-refractivity contribution < 1.29 is 5.11 Å². The molecule has 0 heterocycles. The van der Waals surface area contributed by atoms with Crippen molar-refractivity contribution in [3.05, 3.63) is 34.3 Å². The highest BCUT2D eigenvalue weighted by Crippen LogP contribution is 2.37. The Kier molecular flexibility index (Phi) is 5.88. The minimum absolute atomic E-state index is 0.421. The van der Waals surface area contributed by atoms with Gasteiger partial charge in [0.2, 0.25) is 0 Å². The van der Waals surface area contributed by atoms with Crippen LogP contribution in [0.5, 0.6) is 0 Å². The SMILES string of the molecule is CN(C)CCC(O)c1ccc(C2CCCCC2)c(Cl)c1. The molecule has 1 aliphatic carbocycles. The Bertz CT molecular complexity index is 427. The van der Waals surface area contributed by atoms with Crippen LogP contribution < -0.4 is 0 Å². The van der Waals surface area contributed by atoms with Crippen molar-refractivity contribution in [3.63, 3.8) is 0 Å². The van der Waals surface area contributed by atoms with Gasteiger partial charge in [0.15, 0.2) is 0 Å². The summed E-state index contributed by atoms with van der Waals surface area (Å²) in [4.78, 5) is 2.08. The summed E-state index contributed by atoms with van der Waals surface area (Å²) in [6.45, 7) is 0.878. The lowest BCUT2D eigenvalue weighted by Crippen LogP contribution is -2.16. The number of halogens is 1. The van der Waals surface area contributed by atoms with Gasteiger partial charge in [-0.05, 0) is 56.5 Å². The van der Waals surface area contributed by atoms with E-state index in [1.165, 1.54) is 37.7 Å². The molecule has 0 bridgehead atoms. The largest absolute Gasteiger partial charge is 0.388 e. The number of hydrogen-bond donors (Lipinski definition) is 1. The molecule has 2 rings (SSSR count). The Morgan fingerprint density at radius 1 is 1.25 bits per heavy atom. The van der Waals surface area contributed by atoms with Gasteiger partial charge in [-0.3, -0.25) is 0 Å². The molecule has 0 aliphatic heterocycles. The Hall–Kier alpha value is -0.570. The molecular formula is C17H26ClNO. The van der Waals surface area contributed by atoms with Gasteiger partial charge in [-0.1, -0.05) is 43.0 Å². The number of hydrogen-bond acceptors (Lipinski definition) is 2. The van der Waals surface area contributed by atoms with Crippen molar-refractivity contribution >= 4 is 11.6 Å². The highest BCUT2D eigenvalue weighted by molar-refractivity contribution is 6.31. The van der Waals surface area contributed by atoms with Gasteiger partial charge in [-0.2, -0.15) is 0 Å². The highest BCUT2D eigenvalue weighted by atomic mass is 35.5. The third kappa shape index (κ3) is 4.21. The van der Waals surface area contributed by atoms with Crippen LogP contribution in [0, 0.1) is 0 Å². The van der Waals surface area contributed by atoms with Crippen molar-refractivity contribution in [1.29, 1.82) is 0 Å². The fraction of sp³-hybridized carbons (Fsp3) is 0.647. The first-order valence-corrected chi connectivity index (χ1v) is 8.08. The van der Waals surface area contributed by atoms with E-state index in [4.69, 9.17) is 11.6 Å². The van der Waals surface area contributed by atoms with E-state index in [9.17, 15) is 5.11 Å². The minimum Gasteiger partial charge on any atom is -0.388 e. The van der Waals surface area contributed by atoms with E-state index >= 15 is 0 Å². The number of aliphatic hydroxyl groups is 1. The molecule has 1 atom stereocenters. The smallest absolute Gasteiger partial charge is 0.0802 e. The molecular weight excluding hydrogens is 270 g/mol. The molecule has 20 heavy (non-hydrogen) atoms. The maximum Gasteiger partial charge on any atom is 0.0802 e. The van der Waals surface area contributed by atoms with Crippen LogP contribution in [0.3, 0.4) is 0 Å². The van der Waals surface area contributed by atoms with Gasteiger partial charge in [0.25, 0.3) is 0 Å². The van der Waals surface area contributed by atoms with Gasteiger partial charge in [0.05, 0.1) is 6.10 Å². The second kappa shape index (κ2) is 7.44. The number of aliphatic hydroxyl groups excluding tert-OH is 1. The topological polar surface area (TPSA) is 23.5 Å². The summed E-state index contributed by atoms with van der Waals surface area (Å²) in [5.41, 5.74) is 2.21. The van der Waals surface area contributed by atoms with Gasteiger partial charge >= 0.3 is 0 Å². The molecule has 3 heteroatoms. The lowest BCUT2D eigenvalue weighted by Gasteiger charge is -2.23. The van der Waals surface area contributed by atoms with Crippen LogP contribution in [0.2, 0.25) is 5.02 Å². The number of nitrogens with zero attached hydrogens (tertiary/aromatic N) is 1. The van der Waals surface area contributed by atoms with Crippen LogP contribution >= 0.6 is 11.6 Å². The molecule has 1 N–H and O–H groups in total. The van der Waals surface area contributed by atoms with Crippen LogP contribution in [0.25, 0.3) is 0 Å². The van der Waals surface area contributed by atoms with E-state index in [0.29, 0.717) is 5.92 Å². The maximum absolute atomic E-state index is 10.2. The van der Waals surface area contributed by atoms with Gasteiger partial charge < -0.3 is 10.0 Å². The summed E-state index contributed by atoms with van der Waals surface area (Å²) in [5.74, 6) is 0.615. The first kappa shape index (κ1) is 15.8. The van der Waals surface area contributed by atoms with Crippen LogP contribution in [0.15, 0.2) is 18.2 Å². The third-order valence-corrected chi connectivity index (χ3v) is 4.63. The van der Waals surface area contributed by atoms with Crippen molar-refractivity contribution in [2.75, 3.05) is 20.6 Å². The highest BCUT2D eigenvalue weighted by Gasteiger charge is 2.19. The normalized spacial score (nSPS) is 18.4. The summed E-state index contributed by atoms with van der Waals surface area (Å²) >= 11 is 6.45. The van der Waals surface area contributed by atoms with Gasteiger partial charge in [-0.15, -0.1) is 0 Å². The fourth-order valence-corrected chi connectivity index (χ4v) is 3.39. The van der Waals surface area contributed by atoms with Gasteiger partial charge in [-0.25, -0.2) is 0 Å².